The van der Waals surface area contributed by atoms with E-state index in [4.69, 9.17) is 17.0 Å². The zero-order chi connectivity index (χ0) is 21.6. The summed E-state index contributed by atoms with van der Waals surface area (Å²) < 4.78 is 5.08. The average Bonchev–Trinajstić information content (AvgIpc) is 2.67. The zero-order valence-corrected chi connectivity index (χ0v) is 18.2. The maximum atomic E-state index is 12.6. The van der Waals surface area contributed by atoms with Gasteiger partial charge in [0.15, 0.2) is 5.11 Å². The summed E-state index contributed by atoms with van der Waals surface area (Å²) in [6.07, 6.45) is 0.580. The van der Waals surface area contributed by atoms with Gasteiger partial charge >= 0.3 is 5.97 Å². The second-order valence-electron chi connectivity index (χ2n) is 8.01. The molecule has 1 aromatic rings. The number of nitrogens with zero attached hydrogens (tertiary/aromatic N) is 1. The third-order valence-corrected chi connectivity index (χ3v) is 4.99. The molecule has 0 aliphatic carbocycles. The van der Waals surface area contributed by atoms with Gasteiger partial charge in [0.05, 0.1) is 13.0 Å². The molecule has 0 saturated carbocycles. The Hall–Kier alpha value is -2.48. The SMILES string of the molecule is CCCOC(=O)C[C@H]1C(=O)NCCN1C(=S)NC(=O)c1ccc(C(C)(C)C)cc1. The minimum Gasteiger partial charge on any atom is -0.466 e. The van der Waals surface area contributed by atoms with Crippen molar-refractivity contribution in [2.24, 2.45) is 0 Å². The van der Waals surface area contributed by atoms with Crippen molar-refractivity contribution in [1.82, 2.24) is 15.5 Å². The van der Waals surface area contributed by atoms with E-state index >= 15 is 0 Å². The number of hydrogen-bond donors (Lipinski definition) is 2. The van der Waals surface area contributed by atoms with Gasteiger partial charge in [0.2, 0.25) is 5.91 Å². The molecule has 1 saturated heterocycles. The van der Waals surface area contributed by atoms with Gasteiger partial charge in [-0.25, -0.2) is 0 Å². The van der Waals surface area contributed by atoms with E-state index < -0.39 is 12.0 Å². The lowest BCUT2D eigenvalue weighted by Gasteiger charge is -2.36. The van der Waals surface area contributed by atoms with Crippen LogP contribution in [0.2, 0.25) is 0 Å². The van der Waals surface area contributed by atoms with Crippen LogP contribution in [0, 0.1) is 0 Å². The van der Waals surface area contributed by atoms with Crippen molar-refractivity contribution in [3.05, 3.63) is 35.4 Å². The van der Waals surface area contributed by atoms with Crippen molar-refractivity contribution in [3.8, 4) is 0 Å². The number of thiocarbonyl (C=S) groups is 1. The predicted octanol–water partition coefficient (Wildman–Crippen LogP) is 2.14. The summed E-state index contributed by atoms with van der Waals surface area (Å²) in [7, 11) is 0. The monoisotopic (exact) mass is 419 g/mol. The highest BCUT2D eigenvalue weighted by atomic mass is 32.1. The second-order valence-corrected chi connectivity index (χ2v) is 8.40. The number of carbonyl (C=O) groups excluding carboxylic acids is 3. The highest BCUT2D eigenvalue weighted by molar-refractivity contribution is 7.80. The summed E-state index contributed by atoms with van der Waals surface area (Å²) in [6, 6.07) is 6.53. The van der Waals surface area contributed by atoms with Crippen LogP contribution in [0.25, 0.3) is 0 Å². The minimum atomic E-state index is -0.802. The summed E-state index contributed by atoms with van der Waals surface area (Å²) in [5, 5.41) is 5.52. The Kier molecular flexibility index (Phi) is 7.73. The molecule has 2 amide bonds. The van der Waals surface area contributed by atoms with Crippen LogP contribution < -0.4 is 10.6 Å². The number of benzene rings is 1. The van der Waals surface area contributed by atoms with E-state index in [-0.39, 0.29) is 28.8 Å². The lowest BCUT2D eigenvalue weighted by Crippen LogP contribution is -2.60. The Morgan fingerprint density at radius 1 is 1.28 bits per heavy atom. The maximum absolute atomic E-state index is 12.6. The molecule has 0 unspecified atom stereocenters. The molecule has 0 radical (unpaired) electrons. The average molecular weight is 420 g/mol. The highest BCUT2D eigenvalue weighted by Crippen LogP contribution is 2.22. The predicted molar refractivity (Wildman–Crippen MR) is 115 cm³/mol. The van der Waals surface area contributed by atoms with E-state index in [0.717, 1.165) is 5.56 Å². The highest BCUT2D eigenvalue weighted by Gasteiger charge is 2.34. The number of nitrogens with one attached hydrogen (secondary N) is 2. The second kappa shape index (κ2) is 9.82. The first-order chi connectivity index (χ1) is 13.6. The van der Waals surface area contributed by atoms with Crippen LogP contribution in [0.1, 0.15) is 56.5 Å². The number of ether oxygens (including phenoxy) is 1. The van der Waals surface area contributed by atoms with E-state index in [0.29, 0.717) is 31.7 Å². The van der Waals surface area contributed by atoms with Crippen LogP contribution in [0.4, 0.5) is 0 Å². The van der Waals surface area contributed by atoms with Crippen LogP contribution >= 0.6 is 12.2 Å². The molecular formula is C21H29N3O4S. The lowest BCUT2D eigenvalue weighted by molar-refractivity contribution is -0.147. The van der Waals surface area contributed by atoms with E-state index in [2.05, 4.69) is 31.4 Å². The van der Waals surface area contributed by atoms with Gasteiger partial charge < -0.3 is 15.0 Å². The fourth-order valence-corrected chi connectivity index (χ4v) is 3.27. The number of piperazine rings is 1. The van der Waals surface area contributed by atoms with E-state index in [1.165, 1.54) is 0 Å². The molecule has 1 fully saturated rings. The zero-order valence-electron chi connectivity index (χ0n) is 17.4. The van der Waals surface area contributed by atoms with Gasteiger partial charge in [-0.3, -0.25) is 19.7 Å². The van der Waals surface area contributed by atoms with Crippen molar-refractivity contribution >= 4 is 35.1 Å². The van der Waals surface area contributed by atoms with Gasteiger partial charge in [0.25, 0.3) is 5.91 Å². The van der Waals surface area contributed by atoms with Crippen molar-refractivity contribution in [2.45, 2.75) is 52.0 Å². The molecule has 2 N–H and O–H groups in total. The fourth-order valence-electron chi connectivity index (χ4n) is 2.96. The van der Waals surface area contributed by atoms with E-state index in [9.17, 15) is 14.4 Å². The molecule has 1 aliphatic rings. The summed E-state index contributed by atoms with van der Waals surface area (Å²) in [6.45, 7) is 9.29. The van der Waals surface area contributed by atoms with Crippen LogP contribution in [0.5, 0.6) is 0 Å². The minimum absolute atomic E-state index is 0.00885. The first-order valence-corrected chi connectivity index (χ1v) is 10.2. The fraction of sp³-hybridized carbons (Fsp3) is 0.524. The van der Waals surface area contributed by atoms with Gasteiger partial charge in [0.1, 0.15) is 6.04 Å². The van der Waals surface area contributed by atoms with Crippen molar-refractivity contribution in [2.75, 3.05) is 19.7 Å². The number of rotatable bonds is 5. The summed E-state index contributed by atoms with van der Waals surface area (Å²) >= 11 is 5.37. The lowest BCUT2D eigenvalue weighted by atomic mass is 9.87. The van der Waals surface area contributed by atoms with Gasteiger partial charge in [0, 0.05) is 18.7 Å². The first kappa shape index (κ1) is 22.8. The van der Waals surface area contributed by atoms with Crippen molar-refractivity contribution in [3.63, 3.8) is 0 Å². The van der Waals surface area contributed by atoms with Crippen LogP contribution in [-0.4, -0.2) is 53.5 Å². The molecular weight excluding hydrogens is 390 g/mol. The molecule has 1 heterocycles. The molecule has 0 aromatic heterocycles. The van der Waals surface area contributed by atoms with Gasteiger partial charge in [-0.1, -0.05) is 39.8 Å². The molecule has 0 bridgehead atoms. The maximum Gasteiger partial charge on any atom is 0.308 e. The molecule has 2 rings (SSSR count). The van der Waals surface area contributed by atoms with Crippen LogP contribution in [0.3, 0.4) is 0 Å². The smallest absolute Gasteiger partial charge is 0.308 e. The Balaban J connectivity index is 2.05. The van der Waals surface area contributed by atoms with Gasteiger partial charge in [-0.2, -0.15) is 0 Å². The Morgan fingerprint density at radius 2 is 1.93 bits per heavy atom. The number of hydrogen-bond acceptors (Lipinski definition) is 5. The largest absolute Gasteiger partial charge is 0.466 e. The molecule has 29 heavy (non-hydrogen) atoms. The molecule has 1 aliphatic heterocycles. The summed E-state index contributed by atoms with van der Waals surface area (Å²) in [5.41, 5.74) is 1.58. The van der Waals surface area contributed by atoms with Crippen molar-refractivity contribution in [1.29, 1.82) is 0 Å². The molecule has 8 heteroatoms. The topological polar surface area (TPSA) is 87.7 Å². The van der Waals surface area contributed by atoms with E-state index in [1.54, 1.807) is 17.0 Å². The molecule has 1 aromatic carbocycles. The van der Waals surface area contributed by atoms with Crippen LogP contribution in [0.15, 0.2) is 24.3 Å². The third kappa shape index (κ3) is 6.25. The number of esters is 1. The molecule has 7 nitrogen and oxygen atoms in total. The normalized spacial score (nSPS) is 16.8. The Bertz CT molecular complexity index is 771. The third-order valence-electron chi connectivity index (χ3n) is 4.65. The quantitative estimate of drug-likeness (QED) is 0.562. The molecule has 0 spiro atoms. The van der Waals surface area contributed by atoms with Gasteiger partial charge in [-0.05, 0) is 41.7 Å². The van der Waals surface area contributed by atoms with Crippen molar-refractivity contribution < 1.29 is 19.1 Å². The van der Waals surface area contributed by atoms with Gasteiger partial charge in [-0.15, -0.1) is 0 Å². The Morgan fingerprint density at radius 3 is 2.52 bits per heavy atom. The molecule has 1 atom stereocenters. The summed E-state index contributed by atoms with van der Waals surface area (Å²) in [5.74, 6) is -1.13. The number of carbonyl (C=O) groups is 3. The van der Waals surface area contributed by atoms with Crippen LogP contribution in [-0.2, 0) is 19.7 Å². The molecule has 158 valence electrons. The summed E-state index contributed by atoms with van der Waals surface area (Å²) in [4.78, 5) is 38.4. The number of amides is 2. The van der Waals surface area contributed by atoms with E-state index in [1.807, 2.05) is 19.1 Å². The standard InChI is InChI=1S/C21H29N3O4S/c1-5-12-28-17(25)13-16-19(27)22-10-11-24(16)20(29)23-18(26)14-6-8-15(9-7-14)21(2,3)4/h6-9,16H,5,10-13H2,1-4H3,(H,22,27)(H,23,26,29)/t16-/m0/s1. The Labute approximate surface area is 177 Å². The first-order valence-electron chi connectivity index (χ1n) is 9.79.